The predicted octanol–water partition coefficient (Wildman–Crippen LogP) is 5.40. The number of benzene rings is 2. The number of pyridine rings is 1. The lowest BCUT2D eigenvalue weighted by atomic mass is 10.1. The Hall–Kier alpha value is -2.08. The maximum Gasteiger partial charge on any atom is 0.250 e. The molecule has 0 radical (unpaired) electrons. The second-order valence-electron chi connectivity index (χ2n) is 6.05. The van der Waals surface area contributed by atoms with Crippen molar-refractivity contribution in [2.24, 2.45) is 5.10 Å². The first-order chi connectivity index (χ1) is 12.9. The van der Waals surface area contributed by atoms with Crippen molar-refractivity contribution in [3.8, 4) is 0 Å². The molecule has 4 nitrogen and oxygen atoms in total. The lowest BCUT2D eigenvalue weighted by Crippen LogP contribution is -2.19. The van der Waals surface area contributed by atoms with Gasteiger partial charge in [0.2, 0.25) is 5.91 Å². The molecule has 0 spiro atoms. The van der Waals surface area contributed by atoms with Crippen molar-refractivity contribution < 1.29 is 4.79 Å². The van der Waals surface area contributed by atoms with Gasteiger partial charge in [0.1, 0.15) is 0 Å². The van der Waals surface area contributed by atoms with Crippen LogP contribution >= 0.6 is 35.0 Å². The number of carbonyl (C=O) groups excluding carboxylic acids is 1. The fraction of sp³-hybridized carbons (Fsp3) is 0.150. The number of aromatic nitrogens is 1. The SMILES string of the molecule is Cc1ccc2nc(SCC(=O)N/N=C/c3ccc(Cl)c(Cl)c3)cc(C)c2c1. The van der Waals surface area contributed by atoms with Crippen molar-refractivity contribution in [3.05, 3.63) is 69.2 Å². The minimum atomic E-state index is -0.209. The van der Waals surface area contributed by atoms with Gasteiger partial charge in [0.15, 0.2) is 0 Å². The third-order valence-electron chi connectivity index (χ3n) is 3.85. The summed E-state index contributed by atoms with van der Waals surface area (Å²) >= 11 is 13.2. The number of amides is 1. The molecule has 2 aromatic carbocycles. The monoisotopic (exact) mass is 417 g/mol. The number of fused-ring (bicyclic) bond motifs is 1. The summed E-state index contributed by atoms with van der Waals surface area (Å²) in [4.78, 5) is 16.6. The van der Waals surface area contributed by atoms with Gasteiger partial charge < -0.3 is 0 Å². The van der Waals surface area contributed by atoms with E-state index in [1.165, 1.54) is 23.5 Å². The van der Waals surface area contributed by atoms with Crippen LogP contribution in [0.1, 0.15) is 16.7 Å². The first kappa shape index (κ1) is 19.7. The maximum atomic E-state index is 12.0. The van der Waals surface area contributed by atoms with Gasteiger partial charge in [-0.15, -0.1) is 0 Å². The normalized spacial score (nSPS) is 11.3. The Morgan fingerprint density at radius 3 is 2.74 bits per heavy atom. The minimum absolute atomic E-state index is 0.209. The van der Waals surface area contributed by atoms with Crippen molar-refractivity contribution in [3.63, 3.8) is 0 Å². The van der Waals surface area contributed by atoms with Crippen LogP contribution in [0.2, 0.25) is 10.0 Å². The van der Waals surface area contributed by atoms with Crippen molar-refractivity contribution >= 4 is 58.0 Å². The second-order valence-corrected chi connectivity index (χ2v) is 7.86. The summed E-state index contributed by atoms with van der Waals surface area (Å²) in [6.45, 7) is 4.11. The van der Waals surface area contributed by atoms with E-state index in [9.17, 15) is 4.79 Å². The Balaban J connectivity index is 1.59. The maximum absolute atomic E-state index is 12.0. The van der Waals surface area contributed by atoms with E-state index in [1.807, 2.05) is 18.2 Å². The van der Waals surface area contributed by atoms with E-state index in [0.717, 1.165) is 27.1 Å². The molecule has 0 fully saturated rings. The molecule has 0 unspecified atom stereocenters. The van der Waals surface area contributed by atoms with E-state index in [-0.39, 0.29) is 11.7 Å². The van der Waals surface area contributed by atoms with Gasteiger partial charge >= 0.3 is 0 Å². The van der Waals surface area contributed by atoms with Gasteiger partial charge in [0.25, 0.3) is 0 Å². The van der Waals surface area contributed by atoms with E-state index >= 15 is 0 Å². The largest absolute Gasteiger partial charge is 0.272 e. The van der Waals surface area contributed by atoms with Gasteiger partial charge in [-0.3, -0.25) is 4.79 Å². The van der Waals surface area contributed by atoms with Crippen molar-refractivity contribution in [1.29, 1.82) is 0 Å². The van der Waals surface area contributed by atoms with Crippen LogP contribution in [0.5, 0.6) is 0 Å². The average Bonchev–Trinajstić information content (AvgIpc) is 2.63. The number of halogens is 2. The number of hydrogen-bond donors (Lipinski definition) is 1. The molecule has 0 saturated carbocycles. The summed E-state index contributed by atoms with van der Waals surface area (Å²) < 4.78 is 0. The molecular formula is C20H17Cl2N3OS. The number of nitrogens with one attached hydrogen (secondary N) is 1. The highest BCUT2D eigenvalue weighted by Crippen LogP contribution is 2.24. The lowest BCUT2D eigenvalue weighted by molar-refractivity contribution is -0.118. The molecule has 1 aromatic heterocycles. The average molecular weight is 418 g/mol. The molecule has 0 aliphatic rings. The van der Waals surface area contributed by atoms with Crippen LogP contribution in [0.3, 0.4) is 0 Å². The highest BCUT2D eigenvalue weighted by Gasteiger charge is 2.07. The van der Waals surface area contributed by atoms with E-state index in [2.05, 4.69) is 35.4 Å². The number of carbonyl (C=O) groups is 1. The topological polar surface area (TPSA) is 54.4 Å². The van der Waals surface area contributed by atoms with Gasteiger partial charge in [0.05, 0.1) is 32.6 Å². The Labute approximate surface area is 172 Å². The quantitative estimate of drug-likeness (QED) is 0.343. The molecule has 138 valence electrons. The molecule has 27 heavy (non-hydrogen) atoms. The Morgan fingerprint density at radius 2 is 1.96 bits per heavy atom. The smallest absolute Gasteiger partial charge is 0.250 e. The minimum Gasteiger partial charge on any atom is -0.272 e. The molecule has 0 aliphatic heterocycles. The molecule has 7 heteroatoms. The second kappa shape index (κ2) is 8.74. The molecule has 0 bridgehead atoms. The number of thioether (sulfide) groups is 1. The molecule has 3 aromatic rings. The van der Waals surface area contributed by atoms with Crippen molar-refractivity contribution in [2.45, 2.75) is 18.9 Å². The first-order valence-corrected chi connectivity index (χ1v) is 9.94. The van der Waals surface area contributed by atoms with Gasteiger partial charge in [-0.1, -0.05) is 52.7 Å². The Kier molecular flexibility index (Phi) is 6.37. The zero-order chi connectivity index (χ0) is 19.4. The first-order valence-electron chi connectivity index (χ1n) is 8.20. The van der Waals surface area contributed by atoms with Crippen LogP contribution in [-0.4, -0.2) is 22.9 Å². The lowest BCUT2D eigenvalue weighted by Gasteiger charge is -2.07. The van der Waals surface area contributed by atoms with Crippen LogP contribution in [-0.2, 0) is 4.79 Å². The third-order valence-corrected chi connectivity index (χ3v) is 5.50. The number of hydrogen-bond acceptors (Lipinski definition) is 4. The van der Waals surface area contributed by atoms with Crippen LogP contribution in [0.25, 0.3) is 10.9 Å². The van der Waals surface area contributed by atoms with Crippen LogP contribution in [0.4, 0.5) is 0 Å². The molecule has 1 N–H and O–H groups in total. The standard InChI is InChI=1S/C20H17Cl2N3OS/c1-12-3-6-18-15(7-12)13(2)8-20(24-18)27-11-19(26)25-23-10-14-4-5-16(21)17(22)9-14/h3-10H,11H2,1-2H3,(H,25,26)/b23-10+. The number of hydrazone groups is 1. The van der Waals surface area contributed by atoms with Gasteiger partial charge in [-0.2, -0.15) is 5.10 Å². The van der Waals surface area contributed by atoms with Crippen LogP contribution in [0.15, 0.2) is 52.6 Å². The Bertz CT molecular complexity index is 1040. The molecule has 3 rings (SSSR count). The summed E-state index contributed by atoms with van der Waals surface area (Å²) in [6.07, 6.45) is 1.52. The van der Waals surface area contributed by atoms with E-state index in [1.54, 1.807) is 18.2 Å². The predicted molar refractivity (Wildman–Crippen MR) is 114 cm³/mol. The molecule has 0 saturated heterocycles. The molecule has 1 amide bonds. The van der Waals surface area contributed by atoms with Crippen LogP contribution in [0, 0.1) is 13.8 Å². The molecule has 0 aliphatic carbocycles. The Morgan fingerprint density at radius 1 is 1.15 bits per heavy atom. The number of nitrogens with zero attached hydrogens (tertiary/aromatic N) is 2. The summed E-state index contributed by atoms with van der Waals surface area (Å²) in [5, 5.41) is 6.80. The zero-order valence-corrected chi connectivity index (χ0v) is 17.1. The fourth-order valence-corrected chi connectivity index (χ4v) is 3.57. The van der Waals surface area contributed by atoms with E-state index in [4.69, 9.17) is 23.2 Å². The molecular weight excluding hydrogens is 401 g/mol. The fourth-order valence-electron chi connectivity index (χ4n) is 2.49. The summed E-state index contributed by atoms with van der Waals surface area (Å²) in [5.41, 5.74) is 6.53. The van der Waals surface area contributed by atoms with E-state index in [0.29, 0.717) is 10.0 Å². The molecule has 1 heterocycles. The van der Waals surface area contributed by atoms with Crippen molar-refractivity contribution in [2.75, 3.05) is 5.75 Å². The summed E-state index contributed by atoms with van der Waals surface area (Å²) in [6, 6.07) is 13.3. The van der Waals surface area contributed by atoms with E-state index < -0.39 is 0 Å². The van der Waals surface area contributed by atoms with Crippen molar-refractivity contribution in [1.82, 2.24) is 10.4 Å². The van der Waals surface area contributed by atoms with Crippen LogP contribution < -0.4 is 5.43 Å². The number of rotatable bonds is 5. The third kappa shape index (κ3) is 5.22. The summed E-state index contributed by atoms with van der Waals surface area (Å²) in [7, 11) is 0. The zero-order valence-electron chi connectivity index (χ0n) is 14.8. The highest BCUT2D eigenvalue weighted by atomic mass is 35.5. The summed E-state index contributed by atoms with van der Waals surface area (Å²) in [5.74, 6) is 0.0162. The highest BCUT2D eigenvalue weighted by molar-refractivity contribution is 7.99. The number of aryl methyl sites for hydroxylation is 2. The van der Waals surface area contributed by atoms with Gasteiger partial charge in [-0.25, -0.2) is 10.4 Å². The van der Waals surface area contributed by atoms with Gasteiger partial charge in [-0.05, 0) is 55.3 Å². The molecule has 0 atom stereocenters. The van der Waals surface area contributed by atoms with Gasteiger partial charge in [0, 0.05) is 5.39 Å².